The van der Waals surface area contributed by atoms with E-state index in [0.717, 1.165) is 6.08 Å². The Balaban J connectivity index is 3.44. The number of hydrogen-bond acceptors (Lipinski definition) is 0. The number of hydrogen-bond donors (Lipinski definition) is 0. The van der Waals surface area contributed by atoms with E-state index in [4.69, 9.17) is 0 Å². The molecule has 0 N–H and O–H groups in total. The van der Waals surface area contributed by atoms with Gasteiger partial charge in [0.15, 0.2) is 0 Å². The van der Waals surface area contributed by atoms with Crippen molar-refractivity contribution in [2.24, 2.45) is 0 Å². The third-order valence-corrected chi connectivity index (χ3v) is 1.14. The number of halogens is 2. The quantitative estimate of drug-likeness (QED) is 0.518. The van der Waals surface area contributed by atoms with E-state index in [1.165, 1.54) is 0 Å². The van der Waals surface area contributed by atoms with Gasteiger partial charge >= 0.3 is 0 Å². The molecule has 0 aromatic carbocycles. The van der Waals surface area contributed by atoms with Crippen LogP contribution in [0.1, 0.15) is 19.8 Å². The Morgan fingerprint density at radius 2 is 2.11 bits per heavy atom. The van der Waals surface area contributed by atoms with Crippen LogP contribution in [0.5, 0.6) is 0 Å². The Morgan fingerprint density at radius 1 is 1.56 bits per heavy atom. The summed E-state index contributed by atoms with van der Waals surface area (Å²) in [5.41, 5.74) is 0. The molecule has 0 nitrogen and oxygen atoms in total. The first-order chi connectivity index (χ1) is 4.22. The van der Waals surface area contributed by atoms with Gasteiger partial charge in [-0.25, -0.2) is 8.78 Å². The molecular formula is C7H12F2. The van der Waals surface area contributed by atoms with E-state index in [1.807, 2.05) is 6.92 Å². The van der Waals surface area contributed by atoms with Gasteiger partial charge in [0.2, 0.25) is 0 Å². The van der Waals surface area contributed by atoms with E-state index in [2.05, 4.69) is 6.58 Å². The summed E-state index contributed by atoms with van der Waals surface area (Å²) < 4.78 is 24.6. The van der Waals surface area contributed by atoms with Crippen molar-refractivity contribution in [1.82, 2.24) is 0 Å². The summed E-state index contributed by atoms with van der Waals surface area (Å²) in [7, 11) is 0. The maximum Gasteiger partial charge on any atom is 0.149 e. The maximum atomic E-state index is 12.4. The lowest BCUT2D eigenvalue weighted by atomic mass is 10.1. The van der Waals surface area contributed by atoms with E-state index in [-0.39, 0.29) is 6.42 Å². The smallest absolute Gasteiger partial charge is 0.149 e. The molecule has 0 aromatic heterocycles. The minimum Gasteiger partial charge on any atom is -0.244 e. The second-order valence-corrected chi connectivity index (χ2v) is 1.98. The largest absolute Gasteiger partial charge is 0.244 e. The average Bonchev–Trinajstić information content (AvgIpc) is 1.87. The molecule has 0 aromatic rings. The lowest BCUT2D eigenvalue weighted by Crippen LogP contribution is -2.13. The fourth-order valence-electron chi connectivity index (χ4n) is 0.583. The standard InChI is InChI=1S/C7H12F2/c1-3-5-7(9)6(8)4-2/h4,6-7H,2-3,5H2,1H3. The van der Waals surface area contributed by atoms with Gasteiger partial charge in [-0.2, -0.15) is 0 Å². The summed E-state index contributed by atoms with van der Waals surface area (Å²) in [6.45, 7) is 4.97. The Kier molecular flexibility index (Phi) is 4.28. The molecule has 0 aliphatic heterocycles. The Hall–Kier alpha value is -0.400. The van der Waals surface area contributed by atoms with E-state index < -0.39 is 12.3 Å². The Bertz CT molecular complexity index is 81.0. The lowest BCUT2D eigenvalue weighted by molar-refractivity contribution is 0.193. The van der Waals surface area contributed by atoms with Crippen LogP contribution in [-0.2, 0) is 0 Å². The van der Waals surface area contributed by atoms with Crippen molar-refractivity contribution < 1.29 is 8.78 Å². The summed E-state index contributed by atoms with van der Waals surface area (Å²) in [5.74, 6) is 0. The second-order valence-electron chi connectivity index (χ2n) is 1.98. The highest BCUT2D eigenvalue weighted by atomic mass is 19.2. The predicted molar refractivity (Wildman–Crippen MR) is 34.9 cm³/mol. The number of alkyl halides is 2. The van der Waals surface area contributed by atoms with Crippen LogP contribution in [0.3, 0.4) is 0 Å². The Morgan fingerprint density at radius 3 is 2.44 bits per heavy atom. The highest BCUT2D eigenvalue weighted by Gasteiger charge is 2.14. The minimum atomic E-state index is -1.48. The molecule has 9 heavy (non-hydrogen) atoms. The zero-order chi connectivity index (χ0) is 7.28. The van der Waals surface area contributed by atoms with Crippen molar-refractivity contribution in [2.75, 3.05) is 0 Å². The van der Waals surface area contributed by atoms with Crippen LogP contribution in [0.25, 0.3) is 0 Å². The molecule has 0 heterocycles. The monoisotopic (exact) mass is 134 g/mol. The van der Waals surface area contributed by atoms with Crippen molar-refractivity contribution in [1.29, 1.82) is 0 Å². The van der Waals surface area contributed by atoms with E-state index >= 15 is 0 Å². The molecule has 0 aliphatic rings. The molecule has 0 aliphatic carbocycles. The van der Waals surface area contributed by atoms with Crippen LogP contribution in [0, 0.1) is 0 Å². The van der Waals surface area contributed by atoms with Crippen molar-refractivity contribution in [3.05, 3.63) is 12.7 Å². The normalized spacial score (nSPS) is 16.8. The Labute approximate surface area is 54.6 Å². The fourth-order valence-corrected chi connectivity index (χ4v) is 0.583. The van der Waals surface area contributed by atoms with Gasteiger partial charge in [0, 0.05) is 0 Å². The van der Waals surface area contributed by atoms with Crippen LogP contribution in [-0.4, -0.2) is 12.3 Å². The van der Waals surface area contributed by atoms with Gasteiger partial charge in [0.1, 0.15) is 12.3 Å². The third kappa shape index (κ3) is 3.22. The lowest BCUT2D eigenvalue weighted by Gasteiger charge is -2.06. The van der Waals surface area contributed by atoms with Gasteiger partial charge < -0.3 is 0 Å². The van der Waals surface area contributed by atoms with E-state index in [9.17, 15) is 8.78 Å². The topological polar surface area (TPSA) is 0 Å². The van der Waals surface area contributed by atoms with Crippen molar-refractivity contribution in [3.63, 3.8) is 0 Å². The highest BCUT2D eigenvalue weighted by molar-refractivity contribution is 4.84. The third-order valence-electron chi connectivity index (χ3n) is 1.14. The number of allylic oxidation sites excluding steroid dienone is 1. The van der Waals surface area contributed by atoms with Gasteiger partial charge in [-0.3, -0.25) is 0 Å². The van der Waals surface area contributed by atoms with Gasteiger partial charge in [-0.05, 0) is 6.42 Å². The van der Waals surface area contributed by atoms with E-state index in [0.29, 0.717) is 6.42 Å². The molecule has 0 bridgehead atoms. The van der Waals surface area contributed by atoms with Crippen LogP contribution in [0.4, 0.5) is 8.78 Å². The second kappa shape index (κ2) is 4.48. The molecule has 0 fully saturated rings. The SMILES string of the molecule is C=CC(F)C(F)CCC. The molecule has 0 saturated heterocycles. The van der Waals surface area contributed by atoms with Crippen molar-refractivity contribution in [3.8, 4) is 0 Å². The molecule has 0 saturated carbocycles. The highest BCUT2D eigenvalue weighted by Crippen LogP contribution is 2.10. The first-order valence-electron chi connectivity index (χ1n) is 3.13. The fraction of sp³-hybridized carbons (Fsp3) is 0.714. The van der Waals surface area contributed by atoms with E-state index in [1.54, 1.807) is 0 Å². The average molecular weight is 134 g/mol. The molecule has 0 amide bonds. The molecule has 2 atom stereocenters. The number of rotatable bonds is 4. The molecule has 0 spiro atoms. The van der Waals surface area contributed by atoms with Crippen LogP contribution in [0.15, 0.2) is 12.7 Å². The summed E-state index contributed by atoms with van der Waals surface area (Å²) in [5, 5.41) is 0. The van der Waals surface area contributed by atoms with Crippen molar-refractivity contribution in [2.45, 2.75) is 32.1 Å². The molecule has 2 unspecified atom stereocenters. The molecule has 54 valence electrons. The van der Waals surface area contributed by atoms with Gasteiger partial charge in [-0.1, -0.05) is 19.4 Å². The first kappa shape index (κ1) is 8.60. The first-order valence-corrected chi connectivity index (χ1v) is 3.13. The summed E-state index contributed by atoms with van der Waals surface area (Å²) in [6, 6.07) is 0. The van der Waals surface area contributed by atoms with Crippen molar-refractivity contribution >= 4 is 0 Å². The van der Waals surface area contributed by atoms with Gasteiger partial charge in [0.05, 0.1) is 0 Å². The van der Waals surface area contributed by atoms with Gasteiger partial charge in [-0.15, -0.1) is 6.58 Å². The molecule has 0 rings (SSSR count). The molecular weight excluding hydrogens is 122 g/mol. The summed E-state index contributed by atoms with van der Waals surface area (Å²) in [6.07, 6.45) is -0.874. The molecule has 0 radical (unpaired) electrons. The van der Waals surface area contributed by atoms with Gasteiger partial charge in [0.25, 0.3) is 0 Å². The zero-order valence-electron chi connectivity index (χ0n) is 5.61. The van der Waals surface area contributed by atoms with Crippen LogP contribution in [0.2, 0.25) is 0 Å². The van der Waals surface area contributed by atoms with Crippen LogP contribution >= 0.6 is 0 Å². The minimum absolute atomic E-state index is 0.285. The predicted octanol–water partition coefficient (Wildman–Crippen LogP) is 2.65. The molecule has 2 heteroatoms. The zero-order valence-corrected chi connectivity index (χ0v) is 5.61. The maximum absolute atomic E-state index is 12.4. The summed E-state index contributed by atoms with van der Waals surface area (Å²) in [4.78, 5) is 0. The van der Waals surface area contributed by atoms with Crippen LogP contribution < -0.4 is 0 Å². The summed E-state index contributed by atoms with van der Waals surface area (Å²) >= 11 is 0.